The summed E-state index contributed by atoms with van der Waals surface area (Å²) in [4.78, 5) is 10.0. The van der Waals surface area contributed by atoms with Crippen molar-refractivity contribution in [1.82, 2.24) is 0 Å². The highest BCUT2D eigenvalue weighted by Gasteiger charge is 2.21. The largest absolute Gasteiger partial charge is 0.481 e. The average molecular weight is 182 g/mol. The Morgan fingerprint density at radius 3 is 2.18 bits per heavy atom. The number of hydrogen-bond acceptors (Lipinski definition) is 4. The van der Waals surface area contributed by atoms with Gasteiger partial charge in [0, 0.05) is 14.2 Å². The minimum atomic E-state index is -3.12. The van der Waals surface area contributed by atoms with Crippen molar-refractivity contribution in [3.8, 4) is 0 Å². The van der Waals surface area contributed by atoms with Crippen LogP contribution in [-0.2, 0) is 18.4 Å². The molecule has 0 aliphatic carbocycles. The molecule has 0 unspecified atom stereocenters. The highest BCUT2D eigenvalue weighted by molar-refractivity contribution is 7.53. The van der Waals surface area contributed by atoms with E-state index < -0.39 is 13.6 Å². The second-order valence-corrected chi connectivity index (χ2v) is 4.24. The number of carbonyl (C=O) groups is 1. The average Bonchev–Trinajstić information content (AvgIpc) is 2.00. The molecule has 11 heavy (non-hydrogen) atoms. The van der Waals surface area contributed by atoms with Crippen molar-refractivity contribution in [2.45, 2.75) is 6.42 Å². The van der Waals surface area contributed by atoms with E-state index >= 15 is 0 Å². The van der Waals surface area contributed by atoms with Gasteiger partial charge in [-0.25, -0.2) is 0 Å². The summed E-state index contributed by atoms with van der Waals surface area (Å²) < 4.78 is 20.2. The zero-order chi connectivity index (χ0) is 8.91. The normalized spacial score (nSPS) is 11.5. The maximum Gasteiger partial charge on any atom is 0.330 e. The Labute approximate surface area is 64.8 Å². The summed E-state index contributed by atoms with van der Waals surface area (Å²) in [6.45, 7) is 0. The summed E-state index contributed by atoms with van der Waals surface area (Å²) in [5, 5.41) is 8.24. The summed E-state index contributed by atoms with van der Waals surface area (Å²) in [6.07, 6.45) is -0.297. The molecule has 0 aromatic carbocycles. The molecule has 0 spiro atoms. The lowest BCUT2D eigenvalue weighted by Gasteiger charge is -2.11. The van der Waals surface area contributed by atoms with E-state index in [0.717, 1.165) is 0 Å². The lowest BCUT2D eigenvalue weighted by atomic mass is 10.5. The zero-order valence-electron chi connectivity index (χ0n) is 6.44. The fourth-order valence-corrected chi connectivity index (χ4v) is 1.47. The van der Waals surface area contributed by atoms with Gasteiger partial charge < -0.3 is 14.2 Å². The predicted molar refractivity (Wildman–Crippen MR) is 38.7 cm³/mol. The van der Waals surface area contributed by atoms with Crippen molar-refractivity contribution in [2.24, 2.45) is 0 Å². The Morgan fingerprint density at radius 1 is 1.45 bits per heavy atom. The van der Waals surface area contributed by atoms with Crippen LogP contribution in [0.4, 0.5) is 0 Å². The van der Waals surface area contributed by atoms with Crippen molar-refractivity contribution >= 4 is 13.6 Å². The molecule has 5 nitrogen and oxygen atoms in total. The van der Waals surface area contributed by atoms with E-state index in [1.165, 1.54) is 14.2 Å². The van der Waals surface area contributed by atoms with Crippen molar-refractivity contribution < 1.29 is 23.5 Å². The van der Waals surface area contributed by atoms with Crippen LogP contribution in [0.25, 0.3) is 0 Å². The second kappa shape index (κ2) is 4.49. The van der Waals surface area contributed by atoms with E-state index in [1.807, 2.05) is 0 Å². The molecule has 0 saturated heterocycles. The monoisotopic (exact) mass is 182 g/mol. The van der Waals surface area contributed by atoms with Crippen molar-refractivity contribution in [3.05, 3.63) is 0 Å². The van der Waals surface area contributed by atoms with Crippen LogP contribution in [0.1, 0.15) is 6.42 Å². The molecular weight excluding hydrogens is 171 g/mol. The molecule has 0 heterocycles. The lowest BCUT2D eigenvalue weighted by Crippen LogP contribution is -2.01. The van der Waals surface area contributed by atoms with Crippen LogP contribution in [0.15, 0.2) is 0 Å². The summed E-state index contributed by atoms with van der Waals surface area (Å²) in [7, 11) is -0.659. The minimum absolute atomic E-state index is 0.0880. The molecule has 0 atom stereocenters. The van der Waals surface area contributed by atoms with Crippen LogP contribution in [0.5, 0.6) is 0 Å². The molecule has 0 aliphatic rings. The van der Waals surface area contributed by atoms with Gasteiger partial charge >= 0.3 is 13.6 Å². The third-order valence-corrected chi connectivity index (χ3v) is 3.04. The number of hydrogen-bond donors (Lipinski definition) is 1. The van der Waals surface area contributed by atoms with Gasteiger partial charge in [0.25, 0.3) is 0 Å². The van der Waals surface area contributed by atoms with Crippen molar-refractivity contribution in [1.29, 1.82) is 0 Å². The van der Waals surface area contributed by atoms with Crippen LogP contribution in [0.3, 0.4) is 0 Å². The van der Waals surface area contributed by atoms with Gasteiger partial charge in [-0.3, -0.25) is 9.36 Å². The third-order valence-electron chi connectivity index (χ3n) is 1.16. The van der Waals surface area contributed by atoms with E-state index in [2.05, 4.69) is 9.05 Å². The van der Waals surface area contributed by atoms with Gasteiger partial charge in [0.15, 0.2) is 0 Å². The van der Waals surface area contributed by atoms with E-state index in [1.54, 1.807) is 0 Å². The first-order valence-corrected chi connectivity index (χ1v) is 4.69. The molecule has 0 radical (unpaired) electrons. The first kappa shape index (κ1) is 10.6. The van der Waals surface area contributed by atoms with Crippen molar-refractivity contribution in [3.63, 3.8) is 0 Å². The Kier molecular flexibility index (Phi) is 4.33. The Balaban J connectivity index is 3.89. The van der Waals surface area contributed by atoms with Crippen LogP contribution in [0.2, 0.25) is 0 Å². The molecule has 1 N–H and O–H groups in total. The fourth-order valence-electron chi connectivity index (χ4n) is 0.490. The molecule has 66 valence electrons. The van der Waals surface area contributed by atoms with E-state index in [9.17, 15) is 9.36 Å². The highest BCUT2D eigenvalue weighted by Crippen LogP contribution is 2.46. The second-order valence-electron chi connectivity index (χ2n) is 1.84. The molecule has 0 amide bonds. The van der Waals surface area contributed by atoms with Gasteiger partial charge in [0.05, 0.1) is 12.6 Å². The molecule has 0 aromatic heterocycles. The topological polar surface area (TPSA) is 72.8 Å². The molecule has 0 fully saturated rings. The quantitative estimate of drug-likeness (QED) is 0.640. The Bertz CT molecular complexity index is 170. The number of carboxylic acid groups (broad SMARTS) is 1. The molecular formula is C5H11O5P. The van der Waals surface area contributed by atoms with Gasteiger partial charge in [-0.1, -0.05) is 0 Å². The van der Waals surface area contributed by atoms with Gasteiger partial charge in [0.2, 0.25) is 0 Å². The van der Waals surface area contributed by atoms with Gasteiger partial charge in [0.1, 0.15) is 0 Å². The van der Waals surface area contributed by atoms with E-state index in [4.69, 9.17) is 5.11 Å². The van der Waals surface area contributed by atoms with Gasteiger partial charge in [-0.15, -0.1) is 0 Å². The molecule has 0 rings (SSSR count). The SMILES string of the molecule is COP(=O)(CCC(=O)O)OC. The Hall–Kier alpha value is -0.380. The van der Waals surface area contributed by atoms with Crippen LogP contribution in [-0.4, -0.2) is 31.5 Å². The van der Waals surface area contributed by atoms with E-state index in [-0.39, 0.29) is 12.6 Å². The first-order chi connectivity index (χ1) is 5.04. The molecule has 6 heteroatoms. The number of aliphatic carboxylic acids is 1. The molecule has 0 aliphatic heterocycles. The highest BCUT2D eigenvalue weighted by atomic mass is 31.2. The molecule has 0 saturated carbocycles. The van der Waals surface area contributed by atoms with Crippen LogP contribution < -0.4 is 0 Å². The summed E-state index contributed by atoms with van der Waals surface area (Å²) >= 11 is 0. The maximum atomic E-state index is 11.1. The molecule has 0 bridgehead atoms. The predicted octanol–water partition coefficient (Wildman–Crippen LogP) is 0.947. The Morgan fingerprint density at radius 2 is 1.91 bits per heavy atom. The summed E-state index contributed by atoms with van der Waals surface area (Å²) in [5.74, 6) is -1.01. The fraction of sp³-hybridized carbons (Fsp3) is 0.800. The van der Waals surface area contributed by atoms with Crippen LogP contribution in [0, 0.1) is 0 Å². The maximum absolute atomic E-state index is 11.1. The zero-order valence-corrected chi connectivity index (χ0v) is 7.34. The standard InChI is InChI=1S/C5H11O5P/c1-9-11(8,10-2)4-3-5(6)7/h3-4H2,1-2H3,(H,6,7). The lowest BCUT2D eigenvalue weighted by molar-refractivity contribution is -0.136. The van der Waals surface area contributed by atoms with E-state index in [0.29, 0.717) is 0 Å². The molecule has 0 aromatic rings. The first-order valence-electron chi connectivity index (χ1n) is 2.96. The smallest absolute Gasteiger partial charge is 0.330 e. The number of rotatable bonds is 5. The van der Waals surface area contributed by atoms with Gasteiger partial charge in [-0.05, 0) is 0 Å². The van der Waals surface area contributed by atoms with Crippen molar-refractivity contribution in [2.75, 3.05) is 20.4 Å². The summed E-state index contributed by atoms with van der Waals surface area (Å²) in [6, 6.07) is 0. The third kappa shape index (κ3) is 4.14. The minimum Gasteiger partial charge on any atom is -0.481 e. The number of carboxylic acids is 1. The summed E-state index contributed by atoms with van der Waals surface area (Å²) in [5.41, 5.74) is 0. The van der Waals surface area contributed by atoms with Crippen LogP contribution >= 0.6 is 7.60 Å². The van der Waals surface area contributed by atoms with Gasteiger partial charge in [-0.2, -0.15) is 0 Å².